The number of hydrogen-bond acceptors (Lipinski definition) is 7. The fourth-order valence-electron chi connectivity index (χ4n) is 2.94. The lowest BCUT2D eigenvalue weighted by atomic mass is 10.1. The van der Waals surface area contributed by atoms with Crippen molar-refractivity contribution in [2.75, 3.05) is 19.7 Å². The minimum absolute atomic E-state index is 0.0123. The number of benzene rings is 1. The second kappa shape index (κ2) is 8.76. The van der Waals surface area contributed by atoms with Crippen molar-refractivity contribution in [3.05, 3.63) is 47.4 Å². The molecular formula is C19H22N4O6S. The van der Waals surface area contributed by atoms with Crippen LogP contribution in [0.3, 0.4) is 0 Å². The lowest BCUT2D eigenvalue weighted by Crippen LogP contribution is -2.31. The molecule has 11 heteroatoms. The molecule has 1 aromatic heterocycles. The van der Waals surface area contributed by atoms with E-state index in [0.29, 0.717) is 17.0 Å². The maximum atomic E-state index is 12.2. The second-order valence-corrected chi connectivity index (χ2v) is 8.48. The molecule has 1 aliphatic rings. The minimum atomic E-state index is -3.80. The van der Waals surface area contributed by atoms with E-state index in [1.165, 1.54) is 6.20 Å². The van der Waals surface area contributed by atoms with Crippen molar-refractivity contribution in [2.45, 2.75) is 24.8 Å². The number of fused-ring (bicyclic) bond motifs is 1. The van der Waals surface area contributed by atoms with E-state index in [1.54, 1.807) is 42.8 Å². The molecule has 0 saturated carbocycles. The number of imide groups is 1. The van der Waals surface area contributed by atoms with Crippen LogP contribution < -0.4 is 4.72 Å². The number of hydrogen-bond donors (Lipinski definition) is 1. The fourth-order valence-corrected chi connectivity index (χ4v) is 4.01. The molecule has 1 aromatic carbocycles. The number of imidazole rings is 1. The Kier molecular flexibility index (Phi) is 6.32. The van der Waals surface area contributed by atoms with Crippen LogP contribution >= 0.6 is 0 Å². The fraction of sp³-hybridized carbons (Fsp3) is 0.368. The first kappa shape index (κ1) is 21.7. The molecule has 0 atom stereocenters. The van der Waals surface area contributed by atoms with Gasteiger partial charge in [-0.1, -0.05) is 12.1 Å². The third-order valence-corrected chi connectivity index (χ3v) is 5.98. The summed E-state index contributed by atoms with van der Waals surface area (Å²) in [6.45, 7) is 1.69. The maximum Gasteiger partial charge on any atom is 0.307 e. The van der Waals surface area contributed by atoms with Crippen molar-refractivity contribution in [1.82, 2.24) is 19.2 Å². The Morgan fingerprint density at radius 3 is 2.37 bits per heavy atom. The van der Waals surface area contributed by atoms with E-state index in [9.17, 15) is 22.8 Å². The standard InChI is InChI=1S/C19H22N4O6S/c1-13-21-16(12-22(13)2)30(27,28)20-9-8-17(24)29-11-5-10-23-18(25)14-6-3-4-7-15(14)19(23)26/h3-4,6-7,12,20H,5,8-11H2,1-2H3. The summed E-state index contributed by atoms with van der Waals surface area (Å²) in [5.41, 5.74) is 0.741. The van der Waals surface area contributed by atoms with E-state index in [2.05, 4.69) is 9.71 Å². The molecule has 1 aliphatic heterocycles. The summed E-state index contributed by atoms with van der Waals surface area (Å²) < 4.78 is 33.2. The van der Waals surface area contributed by atoms with Gasteiger partial charge in [0, 0.05) is 26.3 Å². The third-order valence-electron chi connectivity index (χ3n) is 4.65. The molecule has 10 nitrogen and oxygen atoms in total. The largest absolute Gasteiger partial charge is 0.466 e. The van der Waals surface area contributed by atoms with Gasteiger partial charge in [0.2, 0.25) is 0 Å². The Morgan fingerprint density at radius 2 is 1.80 bits per heavy atom. The first-order valence-corrected chi connectivity index (χ1v) is 10.8. The molecule has 30 heavy (non-hydrogen) atoms. The van der Waals surface area contributed by atoms with Gasteiger partial charge in [0.15, 0.2) is 5.03 Å². The Hall–Kier alpha value is -3.05. The van der Waals surface area contributed by atoms with Gasteiger partial charge in [-0.15, -0.1) is 0 Å². The van der Waals surface area contributed by atoms with Crippen LogP contribution in [-0.2, 0) is 26.6 Å². The van der Waals surface area contributed by atoms with Crippen molar-refractivity contribution in [1.29, 1.82) is 0 Å². The average molecular weight is 434 g/mol. The molecule has 0 radical (unpaired) electrons. The molecule has 0 aliphatic carbocycles. The van der Waals surface area contributed by atoms with Crippen molar-refractivity contribution in [2.24, 2.45) is 7.05 Å². The number of nitrogens with one attached hydrogen (secondary N) is 1. The van der Waals surface area contributed by atoms with E-state index < -0.39 is 16.0 Å². The van der Waals surface area contributed by atoms with Crippen LogP contribution in [0.4, 0.5) is 0 Å². The van der Waals surface area contributed by atoms with E-state index in [4.69, 9.17) is 4.74 Å². The summed E-state index contributed by atoms with van der Waals surface area (Å²) >= 11 is 0. The quantitative estimate of drug-likeness (QED) is 0.348. The summed E-state index contributed by atoms with van der Waals surface area (Å²) in [5.74, 6) is -0.757. The topological polar surface area (TPSA) is 128 Å². The molecule has 3 rings (SSSR count). The molecule has 1 N–H and O–H groups in total. The summed E-state index contributed by atoms with van der Waals surface area (Å²) in [5, 5.41) is -0.114. The third kappa shape index (κ3) is 4.57. The highest BCUT2D eigenvalue weighted by Gasteiger charge is 2.34. The van der Waals surface area contributed by atoms with Gasteiger partial charge >= 0.3 is 5.97 Å². The molecule has 0 saturated heterocycles. The zero-order valence-electron chi connectivity index (χ0n) is 16.6. The van der Waals surface area contributed by atoms with Crippen molar-refractivity contribution in [3.63, 3.8) is 0 Å². The lowest BCUT2D eigenvalue weighted by molar-refractivity contribution is -0.143. The first-order chi connectivity index (χ1) is 14.2. The number of carbonyl (C=O) groups is 3. The van der Waals surface area contributed by atoms with Crippen LogP contribution in [0.5, 0.6) is 0 Å². The number of rotatable bonds is 9. The zero-order valence-corrected chi connectivity index (χ0v) is 17.4. The van der Waals surface area contributed by atoms with Gasteiger partial charge in [-0.05, 0) is 25.5 Å². The van der Waals surface area contributed by atoms with Crippen LogP contribution in [0.25, 0.3) is 0 Å². The van der Waals surface area contributed by atoms with Gasteiger partial charge in [-0.25, -0.2) is 18.1 Å². The number of sulfonamides is 1. The highest BCUT2D eigenvalue weighted by atomic mass is 32.2. The normalized spacial score (nSPS) is 13.6. The summed E-state index contributed by atoms with van der Waals surface area (Å²) in [6, 6.07) is 6.59. The zero-order chi connectivity index (χ0) is 21.9. The number of nitrogens with zero attached hydrogens (tertiary/aromatic N) is 3. The molecule has 2 aromatic rings. The van der Waals surface area contributed by atoms with E-state index in [0.717, 1.165) is 4.90 Å². The molecule has 0 bridgehead atoms. The number of aromatic nitrogens is 2. The monoisotopic (exact) mass is 434 g/mol. The highest BCUT2D eigenvalue weighted by molar-refractivity contribution is 7.89. The molecule has 2 heterocycles. The summed E-state index contributed by atoms with van der Waals surface area (Å²) in [6.07, 6.45) is 1.52. The number of ether oxygens (including phenoxy) is 1. The van der Waals surface area contributed by atoms with Crippen LogP contribution in [0.2, 0.25) is 0 Å². The molecule has 2 amide bonds. The SMILES string of the molecule is Cc1nc(S(=O)(=O)NCCC(=O)OCCCN2C(=O)c3ccccc3C2=O)cn1C. The first-order valence-electron chi connectivity index (χ1n) is 9.31. The molecule has 0 spiro atoms. The van der Waals surface area contributed by atoms with Gasteiger partial charge in [-0.3, -0.25) is 19.3 Å². The molecule has 160 valence electrons. The van der Waals surface area contributed by atoms with E-state index in [-0.39, 0.29) is 49.4 Å². The van der Waals surface area contributed by atoms with Crippen LogP contribution in [0, 0.1) is 6.92 Å². The number of carbonyl (C=O) groups excluding carboxylic acids is 3. The van der Waals surface area contributed by atoms with Crippen LogP contribution in [0.1, 0.15) is 39.4 Å². The smallest absolute Gasteiger partial charge is 0.307 e. The Bertz CT molecular complexity index is 1040. The second-order valence-electron chi connectivity index (χ2n) is 6.77. The van der Waals surface area contributed by atoms with Crippen LogP contribution in [0.15, 0.2) is 35.5 Å². The van der Waals surface area contributed by atoms with Gasteiger partial charge in [-0.2, -0.15) is 0 Å². The predicted molar refractivity (Wildman–Crippen MR) is 105 cm³/mol. The van der Waals surface area contributed by atoms with E-state index >= 15 is 0 Å². The minimum Gasteiger partial charge on any atom is -0.466 e. The predicted octanol–water partition coefficient (Wildman–Crippen LogP) is 0.626. The Labute approximate surface area is 173 Å². The highest BCUT2D eigenvalue weighted by Crippen LogP contribution is 2.22. The van der Waals surface area contributed by atoms with Crippen molar-refractivity contribution in [3.8, 4) is 0 Å². The molecular weight excluding hydrogens is 412 g/mol. The molecule has 0 fully saturated rings. The van der Waals surface area contributed by atoms with Gasteiger partial charge in [0.05, 0.1) is 24.2 Å². The van der Waals surface area contributed by atoms with Crippen LogP contribution in [-0.4, -0.2) is 60.3 Å². The number of esters is 1. The van der Waals surface area contributed by atoms with E-state index in [1.807, 2.05) is 0 Å². The van der Waals surface area contributed by atoms with Gasteiger partial charge < -0.3 is 9.30 Å². The summed E-state index contributed by atoms with van der Waals surface area (Å²) in [7, 11) is -2.12. The molecule has 0 unspecified atom stereocenters. The van der Waals surface area contributed by atoms with Crippen molar-refractivity contribution >= 4 is 27.8 Å². The number of amides is 2. The Morgan fingerprint density at radius 1 is 1.17 bits per heavy atom. The summed E-state index contributed by atoms with van der Waals surface area (Å²) in [4.78, 5) is 41.3. The van der Waals surface area contributed by atoms with Gasteiger partial charge in [0.25, 0.3) is 21.8 Å². The average Bonchev–Trinajstić information content (AvgIpc) is 3.17. The lowest BCUT2D eigenvalue weighted by Gasteiger charge is -2.13. The maximum absolute atomic E-state index is 12.2. The van der Waals surface area contributed by atoms with Gasteiger partial charge in [0.1, 0.15) is 5.82 Å². The Balaban J connectivity index is 1.38. The number of aryl methyl sites for hydroxylation is 2. The van der Waals surface area contributed by atoms with Crippen molar-refractivity contribution < 1.29 is 27.5 Å².